The number of rotatable bonds is 6. The molecule has 1 aromatic heterocycles. The highest BCUT2D eigenvalue weighted by atomic mass is 32.2. The van der Waals surface area contributed by atoms with E-state index in [9.17, 15) is 9.59 Å². The third-order valence-electron chi connectivity index (χ3n) is 2.34. The number of thioether (sulfide) groups is 1. The number of H-pyrrole nitrogens is 1. The van der Waals surface area contributed by atoms with Gasteiger partial charge in [-0.3, -0.25) is 9.59 Å². The van der Waals surface area contributed by atoms with Gasteiger partial charge >= 0.3 is 0 Å². The number of aromatic amines is 1. The summed E-state index contributed by atoms with van der Waals surface area (Å²) in [5.74, 6) is 0.235. The van der Waals surface area contributed by atoms with Crippen LogP contribution in [0.25, 0.3) is 0 Å². The Kier molecular flexibility index (Phi) is 5.76. The molecule has 2 N–H and O–H groups in total. The molecule has 1 rings (SSSR count). The standard InChI is InChI=1S/C11H17N3O2S/c1-3-8(4-2)13-10(16)7-17-11-12-6-5-9(15)14-11/h5-6,8H,3-4,7H2,1-2H3,(H,13,16)(H,12,14,15). The number of nitrogens with one attached hydrogen (secondary N) is 2. The SMILES string of the molecule is CCC(CC)NC(=O)CSc1nccc(=O)[nH]1. The van der Waals surface area contributed by atoms with E-state index in [0.29, 0.717) is 5.16 Å². The summed E-state index contributed by atoms with van der Waals surface area (Å²) in [6.45, 7) is 4.08. The van der Waals surface area contributed by atoms with Crippen LogP contribution in [0, 0.1) is 0 Å². The maximum absolute atomic E-state index is 11.6. The van der Waals surface area contributed by atoms with E-state index >= 15 is 0 Å². The smallest absolute Gasteiger partial charge is 0.251 e. The Labute approximate surface area is 104 Å². The quantitative estimate of drug-likeness (QED) is 0.591. The fourth-order valence-corrected chi connectivity index (χ4v) is 1.98. The lowest BCUT2D eigenvalue weighted by atomic mass is 10.2. The molecule has 1 aromatic rings. The summed E-state index contributed by atoms with van der Waals surface area (Å²) in [5, 5.41) is 3.39. The molecule has 6 heteroatoms. The predicted molar refractivity (Wildman–Crippen MR) is 68.1 cm³/mol. The molecule has 0 aliphatic carbocycles. The van der Waals surface area contributed by atoms with Crippen molar-refractivity contribution in [2.45, 2.75) is 37.9 Å². The summed E-state index contributed by atoms with van der Waals surface area (Å²) in [6.07, 6.45) is 3.28. The minimum absolute atomic E-state index is 0.0322. The highest BCUT2D eigenvalue weighted by Gasteiger charge is 2.09. The third kappa shape index (κ3) is 5.04. The van der Waals surface area contributed by atoms with Gasteiger partial charge < -0.3 is 10.3 Å². The maximum atomic E-state index is 11.6. The summed E-state index contributed by atoms with van der Waals surface area (Å²) in [7, 11) is 0. The zero-order valence-corrected chi connectivity index (χ0v) is 10.8. The van der Waals surface area contributed by atoms with Crippen LogP contribution in [0.3, 0.4) is 0 Å². The van der Waals surface area contributed by atoms with Crippen molar-refractivity contribution in [1.29, 1.82) is 0 Å². The van der Waals surface area contributed by atoms with Crippen LogP contribution in [0.15, 0.2) is 22.2 Å². The number of hydrogen-bond acceptors (Lipinski definition) is 4. The lowest BCUT2D eigenvalue weighted by Crippen LogP contribution is -2.35. The van der Waals surface area contributed by atoms with E-state index in [1.165, 1.54) is 24.0 Å². The lowest BCUT2D eigenvalue weighted by Gasteiger charge is -2.14. The van der Waals surface area contributed by atoms with Crippen LogP contribution in [-0.4, -0.2) is 27.7 Å². The maximum Gasteiger partial charge on any atom is 0.251 e. The molecule has 0 fully saturated rings. The summed E-state index contributed by atoms with van der Waals surface area (Å²) in [6, 6.07) is 1.57. The van der Waals surface area contributed by atoms with Gasteiger partial charge in [0.15, 0.2) is 5.16 Å². The molecule has 1 heterocycles. The van der Waals surface area contributed by atoms with Gasteiger partial charge in [0.2, 0.25) is 5.91 Å². The molecule has 0 spiro atoms. The van der Waals surface area contributed by atoms with Crippen LogP contribution < -0.4 is 10.9 Å². The number of aromatic nitrogens is 2. The zero-order valence-electron chi connectivity index (χ0n) is 10.0. The van der Waals surface area contributed by atoms with Gasteiger partial charge in [0, 0.05) is 18.3 Å². The molecule has 0 unspecified atom stereocenters. The van der Waals surface area contributed by atoms with Crippen LogP contribution in [0.1, 0.15) is 26.7 Å². The first-order chi connectivity index (χ1) is 8.15. The van der Waals surface area contributed by atoms with Crippen molar-refractivity contribution < 1.29 is 4.79 Å². The fraction of sp³-hybridized carbons (Fsp3) is 0.545. The fourth-order valence-electron chi connectivity index (χ4n) is 1.32. The number of carbonyl (C=O) groups excluding carboxylic acids is 1. The van der Waals surface area contributed by atoms with Gasteiger partial charge in [0.1, 0.15) is 0 Å². The zero-order chi connectivity index (χ0) is 12.7. The van der Waals surface area contributed by atoms with Gasteiger partial charge in [0.05, 0.1) is 5.75 Å². The molecule has 0 aliphatic heterocycles. The Bertz CT molecular complexity index is 415. The number of amides is 1. The second-order valence-electron chi connectivity index (χ2n) is 3.61. The van der Waals surface area contributed by atoms with Gasteiger partial charge in [-0.15, -0.1) is 0 Å². The summed E-state index contributed by atoms with van der Waals surface area (Å²) >= 11 is 1.23. The van der Waals surface area contributed by atoms with Crippen LogP contribution in [0.5, 0.6) is 0 Å². The van der Waals surface area contributed by atoms with E-state index in [2.05, 4.69) is 15.3 Å². The Morgan fingerprint density at radius 3 is 2.82 bits per heavy atom. The molecule has 0 atom stereocenters. The van der Waals surface area contributed by atoms with E-state index in [-0.39, 0.29) is 23.3 Å². The molecule has 1 amide bonds. The molecule has 0 bridgehead atoms. The number of carbonyl (C=O) groups is 1. The molecule has 94 valence electrons. The minimum Gasteiger partial charge on any atom is -0.353 e. The summed E-state index contributed by atoms with van der Waals surface area (Å²) in [5.41, 5.74) is -0.206. The van der Waals surface area contributed by atoms with Crippen molar-refractivity contribution >= 4 is 17.7 Å². The van der Waals surface area contributed by atoms with Crippen molar-refractivity contribution in [2.24, 2.45) is 0 Å². The lowest BCUT2D eigenvalue weighted by molar-refractivity contribution is -0.119. The van der Waals surface area contributed by atoms with E-state index < -0.39 is 0 Å². The second kappa shape index (κ2) is 7.11. The predicted octanol–water partition coefficient (Wildman–Crippen LogP) is 1.17. The van der Waals surface area contributed by atoms with Crippen molar-refractivity contribution in [2.75, 3.05) is 5.75 Å². The second-order valence-corrected chi connectivity index (χ2v) is 4.57. The number of hydrogen-bond donors (Lipinski definition) is 2. The molecule has 5 nitrogen and oxygen atoms in total. The Balaban J connectivity index is 2.40. The van der Waals surface area contributed by atoms with Gasteiger partial charge in [0.25, 0.3) is 5.56 Å². The van der Waals surface area contributed by atoms with E-state index in [1.54, 1.807) is 0 Å². The van der Waals surface area contributed by atoms with Crippen LogP contribution in [-0.2, 0) is 4.79 Å². The summed E-state index contributed by atoms with van der Waals surface area (Å²) < 4.78 is 0. The Hall–Kier alpha value is -1.30. The highest BCUT2D eigenvalue weighted by Crippen LogP contribution is 2.09. The monoisotopic (exact) mass is 255 g/mol. The molecule has 0 saturated heterocycles. The topological polar surface area (TPSA) is 74.8 Å². The van der Waals surface area contributed by atoms with Gasteiger partial charge in [-0.1, -0.05) is 25.6 Å². The average molecular weight is 255 g/mol. The van der Waals surface area contributed by atoms with Gasteiger partial charge in [-0.05, 0) is 12.8 Å². The van der Waals surface area contributed by atoms with Crippen LogP contribution in [0.4, 0.5) is 0 Å². The van der Waals surface area contributed by atoms with E-state index in [1.807, 2.05) is 13.8 Å². The molecular formula is C11H17N3O2S. The van der Waals surface area contributed by atoms with Crippen molar-refractivity contribution in [3.8, 4) is 0 Å². The van der Waals surface area contributed by atoms with Gasteiger partial charge in [-0.25, -0.2) is 4.98 Å². The normalized spacial score (nSPS) is 10.5. The number of nitrogens with zero attached hydrogens (tertiary/aromatic N) is 1. The molecule has 0 radical (unpaired) electrons. The van der Waals surface area contributed by atoms with E-state index in [4.69, 9.17) is 0 Å². The third-order valence-corrected chi connectivity index (χ3v) is 3.23. The first-order valence-electron chi connectivity index (χ1n) is 5.63. The van der Waals surface area contributed by atoms with Crippen LogP contribution >= 0.6 is 11.8 Å². The largest absolute Gasteiger partial charge is 0.353 e. The van der Waals surface area contributed by atoms with Gasteiger partial charge in [-0.2, -0.15) is 0 Å². The average Bonchev–Trinajstić information content (AvgIpc) is 2.33. The first-order valence-corrected chi connectivity index (χ1v) is 6.61. The molecule has 0 aromatic carbocycles. The summed E-state index contributed by atoms with van der Waals surface area (Å²) in [4.78, 5) is 29.1. The van der Waals surface area contributed by atoms with E-state index in [0.717, 1.165) is 12.8 Å². The first kappa shape index (κ1) is 13.8. The van der Waals surface area contributed by atoms with Crippen molar-refractivity contribution in [3.05, 3.63) is 22.6 Å². The Morgan fingerprint density at radius 1 is 1.53 bits per heavy atom. The minimum atomic E-state index is -0.206. The molecule has 0 saturated carbocycles. The molecule has 0 aliphatic rings. The molecule has 17 heavy (non-hydrogen) atoms. The Morgan fingerprint density at radius 2 is 2.24 bits per heavy atom. The van der Waals surface area contributed by atoms with Crippen LogP contribution in [0.2, 0.25) is 0 Å². The van der Waals surface area contributed by atoms with Crippen molar-refractivity contribution in [3.63, 3.8) is 0 Å². The highest BCUT2D eigenvalue weighted by molar-refractivity contribution is 7.99. The molecular weight excluding hydrogens is 238 g/mol. The van der Waals surface area contributed by atoms with Crippen molar-refractivity contribution in [1.82, 2.24) is 15.3 Å².